The minimum Gasteiger partial charge on any atom is -0.452 e. The van der Waals surface area contributed by atoms with Crippen LogP contribution in [0.3, 0.4) is 0 Å². The molecule has 0 radical (unpaired) electrons. The molecule has 1 aromatic carbocycles. The van der Waals surface area contributed by atoms with E-state index in [0.29, 0.717) is 4.90 Å². The van der Waals surface area contributed by atoms with E-state index in [-0.39, 0.29) is 23.3 Å². The van der Waals surface area contributed by atoms with Crippen molar-refractivity contribution >= 4 is 29.5 Å². The van der Waals surface area contributed by atoms with E-state index in [1.54, 1.807) is 35.5 Å². The van der Waals surface area contributed by atoms with Gasteiger partial charge in [-0.25, -0.2) is 4.79 Å². The minimum atomic E-state index is -4.54. The maximum atomic E-state index is 12.5. The lowest BCUT2D eigenvalue weighted by atomic mass is 9.94. The van der Waals surface area contributed by atoms with Crippen molar-refractivity contribution in [2.24, 2.45) is 0 Å². The molecule has 0 atom stereocenters. The number of thioether (sulfide) groups is 1. The summed E-state index contributed by atoms with van der Waals surface area (Å²) in [5.41, 5.74) is 0.152. The normalized spacial score (nSPS) is 14.8. The summed E-state index contributed by atoms with van der Waals surface area (Å²) in [6.07, 6.45) is 0.858. The molecule has 1 N–H and O–H groups in total. The second-order valence-electron chi connectivity index (χ2n) is 7.05. The van der Waals surface area contributed by atoms with Gasteiger partial charge in [-0.2, -0.15) is 13.2 Å². The molecule has 0 heterocycles. The average molecular weight is 446 g/mol. The van der Waals surface area contributed by atoms with E-state index in [9.17, 15) is 27.6 Å². The molecule has 0 bridgehead atoms. The molecule has 10 heteroatoms. The average Bonchev–Trinajstić information content (AvgIpc) is 2.74. The molecule has 2 rings (SSSR count). The van der Waals surface area contributed by atoms with E-state index >= 15 is 0 Å². The molecule has 166 valence electrons. The summed E-state index contributed by atoms with van der Waals surface area (Å²) in [5.74, 6) is -1.78. The zero-order chi connectivity index (χ0) is 22.1. The Morgan fingerprint density at radius 1 is 1.17 bits per heavy atom. The van der Waals surface area contributed by atoms with Gasteiger partial charge in [0, 0.05) is 18.0 Å². The molecule has 30 heavy (non-hydrogen) atoms. The Balaban J connectivity index is 1.87. The van der Waals surface area contributed by atoms with Gasteiger partial charge in [0.2, 0.25) is 5.91 Å². The van der Waals surface area contributed by atoms with Gasteiger partial charge in [-0.15, -0.1) is 11.8 Å². The lowest BCUT2D eigenvalue weighted by Gasteiger charge is -2.31. The Hall–Kier alpha value is -2.23. The number of nitrogens with one attached hydrogen (secondary N) is 1. The lowest BCUT2D eigenvalue weighted by molar-refractivity contribution is -0.140. The van der Waals surface area contributed by atoms with Crippen molar-refractivity contribution in [3.63, 3.8) is 0 Å². The van der Waals surface area contributed by atoms with Crippen LogP contribution in [0.15, 0.2) is 29.2 Å². The first-order valence-corrected chi connectivity index (χ1v) is 10.6. The summed E-state index contributed by atoms with van der Waals surface area (Å²) < 4.78 is 41.1. The third-order valence-electron chi connectivity index (χ3n) is 4.79. The third kappa shape index (κ3) is 7.89. The molecule has 1 aromatic rings. The van der Waals surface area contributed by atoms with Gasteiger partial charge in [0.25, 0.3) is 5.91 Å². The van der Waals surface area contributed by atoms with Crippen LogP contribution in [0.2, 0.25) is 0 Å². The fourth-order valence-electron chi connectivity index (χ4n) is 3.13. The quantitative estimate of drug-likeness (QED) is 0.489. The van der Waals surface area contributed by atoms with Gasteiger partial charge in [-0.3, -0.25) is 9.59 Å². The van der Waals surface area contributed by atoms with Crippen molar-refractivity contribution in [3.8, 4) is 0 Å². The van der Waals surface area contributed by atoms with Gasteiger partial charge in [0.15, 0.2) is 6.61 Å². The molecule has 0 aromatic heterocycles. The molecule has 0 saturated heterocycles. The first kappa shape index (κ1) is 24.0. The number of carbonyl (C=O) groups excluding carboxylic acids is 3. The van der Waals surface area contributed by atoms with Gasteiger partial charge in [-0.05, 0) is 25.0 Å². The molecule has 0 spiro atoms. The van der Waals surface area contributed by atoms with Crippen LogP contribution in [0, 0.1) is 0 Å². The van der Waals surface area contributed by atoms with Gasteiger partial charge in [0.05, 0.1) is 11.3 Å². The van der Waals surface area contributed by atoms with Crippen LogP contribution >= 0.6 is 11.8 Å². The lowest BCUT2D eigenvalue weighted by Crippen LogP contribution is -2.39. The van der Waals surface area contributed by atoms with Gasteiger partial charge in [0.1, 0.15) is 6.54 Å². The summed E-state index contributed by atoms with van der Waals surface area (Å²) >= 11 is 1.18. The summed E-state index contributed by atoms with van der Waals surface area (Å²) in [6.45, 7) is -2.32. The van der Waals surface area contributed by atoms with Crippen LogP contribution in [0.25, 0.3) is 0 Å². The summed E-state index contributed by atoms with van der Waals surface area (Å²) in [7, 11) is 1.79. The Morgan fingerprint density at radius 3 is 2.50 bits per heavy atom. The predicted octanol–water partition coefficient (Wildman–Crippen LogP) is 3.41. The molecule has 2 amide bonds. The highest BCUT2D eigenvalue weighted by Crippen LogP contribution is 2.26. The maximum Gasteiger partial charge on any atom is 0.405 e. The SMILES string of the molecule is CN(C(=O)CSc1ccccc1C(=O)OCC(=O)NCC(F)(F)F)C1CCCCC1. The fraction of sp³-hybridized carbons (Fsp3) is 0.550. The molecule has 0 aliphatic heterocycles. The van der Waals surface area contributed by atoms with Crippen molar-refractivity contribution in [1.29, 1.82) is 0 Å². The molecular weight excluding hydrogens is 421 g/mol. The summed E-state index contributed by atoms with van der Waals surface area (Å²) in [4.78, 5) is 38.4. The number of halogens is 3. The number of amides is 2. The Bertz CT molecular complexity index is 752. The maximum absolute atomic E-state index is 12.5. The Labute approximate surface area is 177 Å². The van der Waals surface area contributed by atoms with Crippen molar-refractivity contribution in [3.05, 3.63) is 29.8 Å². The standard InChI is InChI=1S/C20H25F3N2O4S/c1-25(14-7-3-2-4-8-14)18(27)12-30-16-10-6-5-9-15(16)19(28)29-11-17(26)24-13-20(21,22)23/h5-6,9-10,14H,2-4,7-8,11-13H2,1H3,(H,24,26). The van der Waals surface area contributed by atoms with E-state index in [0.717, 1.165) is 25.7 Å². The van der Waals surface area contributed by atoms with E-state index in [2.05, 4.69) is 0 Å². The molecule has 1 saturated carbocycles. The fourth-order valence-corrected chi connectivity index (χ4v) is 4.10. The number of alkyl halides is 3. The number of hydrogen-bond acceptors (Lipinski definition) is 5. The molecule has 6 nitrogen and oxygen atoms in total. The van der Waals surface area contributed by atoms with Crippen LogP contribution in [-0.2, 0) is 14.3 Å². The number of carbonyl (C=O) groups is 3. The van der Waals surface area contributed by atoms with Gasteiger partial charge < -0.3 is 15.0 Å². The second kappa shape index (κ2) is 11.2. The number of hydrogen-bond donors (Lipinski definition) is 1. The molecule has 0 unspecified atom stereocenters. The van der Waals surface area contributed by atoms with Crippen LogP contribution in [0.4, 0.5) is 13.2 Å². The predicted molar refractivity (Wildman–Crippen MR) is 106 cm³/mol. The second-order valence-corrected chi connectivity index (χ2v) is 8.07. The van der Waals surface area contributed by atoms with Crippen molar-refractivity contribution in [1.82, 2.24) is 10.2 Å². The monoisotopic (exact) mass is 446 g/mol. The smallest absolute Gasteiger partial charge is 0.405 e. The number of rotatable bonds is 8. The zero-order valence-corrected chi connectivity index (χ0v) is 17.5. The highest BCUT2D eigenvalue weighted by atomic mass is 32.2. The minimum absolute atomic E-state index is 0.0402. The molecular formula is C20H25F3N2O4S. The number of benzene rings is 1. The van der Waals surface area contributed by atoms with Gasteiger partial charge >= 0.3 is 12.1 Å². The van der Waals surface area contributed by atoms with Crippen molar-refractivity contribution < 1.29 is 32.3 Å². The number of ether oxygens (including phenoxy) is 1. The van der Waals surface area contributed by atoms with Crippen molar-refractivity contribution in [2.75, 3.05) is 26.0 Å². The largest absolute Gasteiger partial charge is 0.452 e. The molecule has 1 fully saturated rings. The van der Waals surface area contributed by atoms with Crippen molar-refractivity contribution in [2.45, 2.75) is 49.2 Å². The first-order chi connectivity index (χ1) is 14.2. The summed E-state index contributed by atoms with van der Waals surface area (Å²) in [6, 6.07) is 6.67. The zero-order valence-electron chi connectivity index (χ0n) is 16.7. The van der Waals surface area contributed by atoms with Gasteiger partial charge in [-0.1, -0.05) is 31.4 Å². The highest BCUT2D eigenvalue weighted by molar-refractivity contribution is 8.00. The Kier molecular flexibility index (Phi) is 9.01. The first-order valence-electron chi connectivity index (χ1n) is 9.65. The van der Waals surface area contributed by atoms with Crippen LogP contribution in [0.5, 0.6) is 0 Å². The molecule has 1 aliphatic carbocycles. The van der Waals surface area contributed by atoms with E-state index in [1.165, 1.54) is 24.2 Å². The topological polar surface area (TPSA) is 75.7 Å². The molecule has 1 aliphatic rings. The number of esters is 1. The van der Waals surface area contributed by atoms with E-state index in [1.807, 2.05) is 0 Å². The number of nitrogens with zero attached hydrogens (tertiary/aromatic N) is 1. The van der Waals surface area contributed by atoms with E-state index < -0.39 is 31.2 Å². The Morgan fingerprint density at radius 2 is 1.83 bits per heavy atom. The highest BCUT2D eigenvalue weighted by Gasteiger charge is 2.28. The third-order valence-corrected chi connectivity index (χ3v) is 5.85. The van der Waals surface area contributed by atoms with Crippen LogP contribution < -0.4 is 5.32 Å². The summed E-state index contributed by atoms with van der Waals surface area (Å²) in [5, 5.41) is 1.63. The van der Waals surface area contributed by atoms with E-state index in [4.69, 9.17) is 4.74 Å². The van der Waals surface area contributed by atoms with Crippen LogP contribution in [0.1, 0.15) is 42.5 Å². The van der Waals surface area contributed by atoms with Crippen LogP contribution in [-0.4, -0.2) is 60.9 Å².